The fourth-order valence-corrected chi connectivity index (χ4v) is 3.23. The van der Waals surface area contributed by atoms with E-state index in [0.717, 1.165) is 5.56 Å². The van der Waals surface area contributed by atoms with Gasteiger partial charge in [-0.3, -0.25) is 9.20 Å². The number of hydrogen-bond acceptors (Lipinski definition) is 4. The van der Waals surface area contributed by atoms with Crippen molar-refractivity contribution in [2.24, 2.45) is 0 Å². The van der Waals surface area contributed by atoms with Crippen LogP contribution in [-0.2, 0) is 11.3 Å². The van der Waals surface area contributed by atoms with Crippen LogP contribution in [0.5, 0.6) is 0 Å². The molecule has 1 amide bonds. The Hall–Kier alpha value is -1.76. The average Bonchev–Trinajstić information content (AvgIpc) is 2.95. The summed E-state index contributed by atoms with van der Waals surface area (Å²) < 4.78 is 1.68. The van der Waals surface area contributed by atoms with Gasteiger partial charge in [0.1, 0.15) is 0 Å². The molecule has 0 radical (unpaired) electrons. The fourth-order valence-electron chi connectivity index (χ4n) is 1.98. The van der Waals surface area contributed by atoms with E-state index >= 15 is 0 Å². The van der Waals surface area contributed by atoms with E-state index in [-0.39, 0.29) is 11.7 Å². The molecule has 3 aromatic rings. The first-order valence-corrected chi connectivity index (χ1v) is 8.51. The summed E-state index contributed by atoms with van der Waals surface area (Å²) in [6, 6.07) is 11.3. The lowest BCUT2D eigenvalue weighted by Gasteiger charge is -2.05. The molecular weight excluding hydrogens is 355 g/mol. The van der Waals surface area contributed by atoms with Crippen LogP contribution in [0.25, 0.3) is 5.65 Å². The van der Waals surface area contributed by atoms with E-state index in [4.69, 9.17) is 23.2 Å². The molecule has 0 saturated heterocycles. The van der Waals surface area contributed by atoms with E-state index in [1.165, 1.54) is 11.8 Å². The number of pyridine rings is 1. The van der Waals surface area contributed by atoms with E-state index in [2.05, 4.69) is 15.5 Å². The van der Waals surface area contributed by atoms with Gasteiger partial charge in [0.05, 0.1) is 15.8 Å². The number of carbonyl (C=O) groups excluding carboxylic acids is 1. The maximum atomic E-state index is 11.9. The summed E-state index contributed by atoms with van der Waals surface area (Å²) in [7, 11) is 0. The molecule has 0 aliphatic rings. The predicted molar refractivity (Wildman–Crippen MR) is 92.0 cm³/mol. The van der Waals surface area contributed by atoms with E-state index in [1.54, 1.807) is 16.7 Å². The molecular formula is C15H12Cl2N4OS. The lowest BCUT2D eigenvalue weighted by Crippen LogP contribution is -2.24. The number of nitrogens with zero attached hydrogens (tertiary/aromatic N) is 3. The Morgan fingerprint density at radius 1 is 1.22 bits per heavy atom. The molecule has 2 aromatic heterocycles. The minimum absolute atomic E-state index is 0.0799. The monoisotopic (exact) mass is 366 g/mol. The second-order valence-electron chi connectivity index (χ2n) is 4.73. The van der Waals surface area contributed by atoms with Crippen LogP contribution in [0.15, 0.2) is 47.8 Å². The number of benzene rings is 1. The van der Waals surface area contributed by atoms with Gasteiger partial charge in [-0.15, -0.1) is 10.2 Å². The topological polar surface area (TPSA) is 59.3 Å². The summed E-state index contributed by atoms with van der Waals surface area (Å²) in [4.78, 5) is 11.9. The molecule has 3 rings (SSSR count). The third kappa shape index (κ3) is 3.96. The van der Waals surface area contributed by atoms with Gasteiger partial charge in [-0.1, -0.05) is 65.3 Å². The van der Waals surface area contributed by atoms with Crippen molar-refractivity contribution >= 4 is 46.5 Å². The van der Waals surface area contributed by atoms with Gasteiger partial charge in [0.15, 0.2) is 10.8 Å². The van der Waals surface area contributed by atoms with Crippen LogP contribution in [0.4, 0.5) is 0 Å². The molecule has 0 bridgehead atoms. The summed E-state index contributed by atoms with van der Waals surface area (Å²) in [5.74, 6) is 0.154. The molecule has 0 unspecified atom stereocenters. The van der Waals surface area contributed by atoms with E-state index in [0.29, 0.717) is 27.4 Å². The van der Waals surface area contributed by atoms with Crippen LogP contribution in [0, 0.1) is 0 Å². The van der Waals surface area contributed by atoms with Crippen LogP contribution >= 0.6 is 35.0 Å². The highest BCUT2D eigenvalue weighted by atomic mass is 35.5. The number of amides is 1. The van der Waals surface area contributed by atoms with Crippen molar-refractivity contribution in [2.45, 2.75) is 11.7 Å². The van der Waals surface area contributed by atoms with E-state index in [1.807, 2.05) is 30.3 Å². The van der Waals surface area contributed by atoms with Crippen molar-refractivity contribution in [3.8, 4) is 0 Å². The van der Waals surface area contributed by atoms with Gasteiger partial charge in [-0.05, 0) is 11.6 Å². The minimum Gasteiger partial charge on any atom is -0.351 e. The lowest BCUT2D eigenvalue weighted by atomic mass is 10.2. The molecule has 1 aromatic carbocycles. The van der Waals surface area contributed by atoms with Crippen LogP contribution in [0.1, 0.15) is 5.56 Å². The first-order chi connectivity index (χ1) is 11.1. The highest BCUT2D eigenvalue weighted by Crippen LogP contribution is 2.25. The van der Waals surface area contributed by atoms with Crippen LogP contribution in [0.2, 0.25) is 10.0 Å². The standard InChI is InChI=1S/C15H12Cl2N4OS/c16-11-6-12(17)14-19-20-15(21(14)8-11)23-9-13(22)18-7-10-4-2-1-3-5-10/h1-6,8H,7,9H2,(H,18,22). The first kappa shape index (κ1) is 16.1. The number of carbonyl (C=O) groups is 1. The average molecular weight is 367 g/mol. The number of aromatic nitrogens is 3. The Balaban J connectivity index is 1.61. The number of nitrogens with one attached hydrogen (secondary N) is 1. The summed E-state index contributed by atoms with van der Waals surface area (Å²) in [5.41, 5.74) is 1.57. The van der Waals surface area contributed by atoms with Crippen molar-refractivity contribution < 1.29 is 4.79 Å². The third-order valence-electron chi connectivity index (χ3n) is 3.06. The zero-order valence-electron chi connectivity index (χ0n) is 11.9. The van der Waals surface area contributed by atoms with Gasteiger partial charge in [0, 0.05) is 12.7 Å². The summed E-state index contributed by atoms with van der Waals surface area (Å²) in [6.45, 7) is 0.498. The molecule has 0 atom stereocenters. The van der Waals surface area contributed by atoms with Crippen molar-refractivity contribution in [1.29, 1.82) is 0 Å². The van der Waals surface area contributed by atoms with Gasteiger partial charge in [0.2, 0.25) is 5.91 Å². The summed E-state index contributed by atoms with van der Waals surface area (Å²) in [5, 5.41) is 12.4. The summed E-state index contributed by atoms with van der Waals surface area (Å²) >= 11 is 13.3. The van der Waals surface area contributed by atoms with Crippen LogP contribution in [-0.4, -0.2) is 26.3 Å². The molecule has 5 nitrogen and oxygen atoms in total. The Kier molecular flexibility index (Phi) is 5.05. The molecule has 118 valence electrons. The van der Waals surface area contributed by atoms with Crippen molar-refractivity contribution in [1.82, 2.24) is 19.9 Å². The van der Waals surface area contributed by atoms with Crippen LogP contribution < -0.4 is 5.32 Å². The van der Waals surface area contributed by atoms with E-state index in [9.17, 15) is 4.79 Å². The molecule has 1 N–H and O–H groups in total. The quantitative estimate of drug-likeness (QED) is 0.702. The Labute approximate surface area is 147 Å². The third-order valence-corrected chi connectivity index (χ3v) is 4.49. The van der Waals surface area contributed by atoms with Crippen molar-refractivity contribution in [2.75, 3.05) is 5.75 Å². The van der Waals surface area contributed by atoms with Crippen LogP contribution in [0.3, 0.4) is 0 Å². The first-order valence-electron chi connectivity index (χ1n) is 6.76. The lowest BCUT2D eigenvalue weighted by molar-refractivity contribution is -0.118. The molecule has 0 saturated carbocycles. The van der Waals surface area contributed by atoms with Gasteiger partial charge in [-0.2, -0.15) is 0 Å². The smallest absolute Gasteiger partial charge is 0.230 e. The maximum absolute atomic E-state index is 11.9. The molecule has 2 heterocycles. The van der Waals surface area contributed by atoms with Gasteiger partial charge in [-0.25, -0.2) is 0 Å². The normalized spacial score (nSPS) is 10.9. The zero-order chi connectivity index (χ0) is 16.2. The molecule has 0 aliphatic carbocycles. The molecule has 0 aliphatic heterocycles. The van der Waals surface area contributed by atoms with Gasteiger partial charge in [0.25, 0.3) is 0 Å². The van der Waals surface area contributed by atoms with Gasteiger partial charge >= 0.3 is 0 Å². The molecule has 0 spiro atoms. The van der Waals surface area contributed by atoms with E-state index < -0.39 is 0 Å². The Morgan fingerprint density at radius 3 is 2.78 bits per heavy atom. The largest absolute Gasteiger partial charge is 0.351 e. The number of fused-ring (bicyclic) bond motifs is 1. The van der Waals surface area contributed by atoms with Crippen molar-refractivity contribution in [3.63, 3.8) is 0 Å². The van der Waals surface area contributed by atoms with Gasteiger partial charge < -0.3 is 5.32 Å². The second kappa shape index (κ2) is 7.21. The predicted octanol–water partition coefficient (Wildman–Crippen LogP) is 3.44. The number of thioether (sulfide) groups is 1. The zero-order valence-corrected chi connectivity index (χ0v) is 14.2. The Bertz CT molecular complexity index is 838. The SMILES string of the molecule is O=C(CSc1nnc2c(Cl)cc(Cl)cn12)NCc1ccccc1. The maximum Gasteiger partial charge on any atom is 0.230 e. The Morgan fingerprint density at radius 2 is 2.00 bits per heavy atom. The van der Waals surface area contributed by atoms with Crippen molar-refractivity contribution in [3.05, 3.63) is 58.2 Å². The number of hydrogen-bond donors (Lipinski definition) is 1. The number of halogens is 2. The molecule has 23 heavy (non-hydrogen) atoms. The number of rotatable bonds is 5. The fraction of sp³-hybridized carbons (Fsp3) is 0.133. The highest BCUT2D eigenvalue weighted by molar-refractivity contribution is 7.99. The molecule has 0 fully saturated rings. The second-order valence-corrected chi connectivity index (χ2v) is 6.52. The minimum atomic E-state index is -0.0799. The highest BCUT2D eigenvalue weighted by Gasteiger charge is 2.12. The summed E-state index contributed by atoms with van der Waals surface area (Å²) in [6.07, 6.45) is 1.67. The molecule has 8 heteroatoms.